The van der Waals surface area contributed by atoms with Gasteiger partial charge in [-0.25, -0.2) is 4.39 Å². The summed E-state index contributed by atoms with van der Waals surface area (Å²) in [6.07, 6.45) is -12.1. The monoisotopic (exact) mass is 428 g/mol. The van der Waals surface area contributed by atoms with Gasteiger partial charge in [0.15, 0.2) is 0 Å². The number of hydrogen-bond acceptors (Lipinski definition) is 3. The Bertz CT molecular complexity index is 576. The van der Waals surface area contributed by atoms with Crippen molar-refractivity contribution < 1.29 is 56.6 Å². The summed E-state index contributed by atoms with van der Waals surface area (Å²) in [5.74, 6) is -21.8. The van der Waals surface area contributed by atoms with E-state index in [1.54, 1.807) is 0 Å². The fraction of sp³-hybridized carbons (Fsp3) is 0.833. The Morgan fingerprint density at radius 1 is 0.962 bits per heavy atom. The largest absolute Gasteiger partial charge is 0.428 e. The Kier molecular flexibility index (Phi) is 7.98. The van der Waals surface area contributed by atoms with Crippen molar-refractivity contribution >= 4 is 10.2 Å². The van der Waals surface area contributed by atoms with Crippen LogP contribution in [-0.4, -0.2) is 44.4 Å². The Morgan fingerprint density at radius 3 is 1.88 bits per heavy atom. The van der Waals surface area contributed by atoms with Gasteiger partial charge in [-0.15, -0.1) is 10.5 Å². The molecule has 0 saturated heterocycles. The molecule has 0 aliphatic heterocycles. The molecule has 1 atom stereocenters. The van der Waals surface area contributed by atoms with Crippen molar-refractivity contribution in [1.82, 2.24) is 0 Å². The summed E-state index contributed by atoms with van der Waals surface area (Å²) in [6.45, 7) is 3.19. The lowest BCUT2D eigenvalue weighted by molar-refractivity contribution is -0.440. The van der Waals surface area contributed by atoms with Crippen molar-refractivity contribution in [3.8, 4) is 0 Å². The van der Waals surface area contributed by atoms with Crippen LogP contribution in [0.4, 0.5) is 43.4 Å². The third kappa shape index (κ3) is 5.99. The van der Waals surface area contributed by atoms with Crippen LogP contribution in [0.1, 0.15) is 25.7 Å². The molecule has 0 amide bonds. The molecule has 0 aliphatic rings. The van der Waals surface area contributed by atoms with Crippen molar-refractivity contribution in [3.63, 3.8) is 0 Å². The maximum absolute atomic E-state index is 13.4. The second kappa shape index (κ2) is 8.31. The first kappa shape index (κ1) is 24.9. The average molecular weight is 428 g/mol. The molecule has 1 unspecified atom stereocenters. The number of unbranched alkanes of at least 4 members (excludes halogenated alkanes) is 2. The standard InChI is InChI=1S/C12H14F10O3S/c1-2-3-4-5-6-9(14,15)10(16,17)11(18,19)12(20,21)25-8(13)7-26(22,23)24/h2,8H,1,3-7H2. The topological polar surface area (TPSA) is 43.4 Å². The summed E-state index contributed by atoms with van der Waals surface area (Å²) >= 11 is 0. The summed E-state index contributed by atoms with van der Waals surface area (Å²) in [6, 6.07) is 0. The quantitative estimate of drug-likeness (QED) is 0.193. The van der Waals surface area contributed by atoms with Gasteiger partial charge in [0.05, 0.1) is 0 Å². The predicted octanol–water partition coefficient (Wildman–Crippen LogP) is 4.84. The van der Waals surface area contributed by atoms with Gasteiger partial charge < -0.3 is 0 Å². The van der Waals surface area contributed by atoms with Gasteiger partial charge in [-0.3, -0.25) is 4.74 Å². The third-order valence-electron chi connectivity index (χ3n) is 2.97. The molecule has 0 heterocycles. The minimum absolute atomic E-state index is 0.0680. The van der Waals surface area contributed by atoms with E-state index < -0.39 is 59.1 Å². The molecule has 0 aliphatic carbocycles. The molecule has 0 N–H and O–H groups in total. The van der Waals surface area contributed by atoms with Crippen molar-refractivity contribution in [2.24, 2.45) is 0 Å². The highest BCUT2D eigenvalue weighted by Gasteiger charge is 2.81. The van der Waals surface area contributed by atoms with Crippen LogP contribution in [0.3, 0.4) is 0 Å². The van der Waals surface area contributed by atoms with Gasteiger partial charge in [0.1, 0.15) is 5.75 Å². The number of allylic oxidation sites excluding steroid dienone is 1. The minimum Gasteiger partial charge on any atom is -0.279 e. The molecule has 0 spiro atoms. The summed E-state index contributed by atoms with van der Waals surface area (Å²) in [7, 11) is -5.84. The molecular formula is C12H14F10O3S. The van der Waals surface area contributed by atoms with Crippen LogP contribution in [0.15, 0.2) is 12.7 Å². The Morgan fingerprint density at radius 2 is 1.46 bits per heavy atom. The Balaban J connectivity index is 5.41. The summed E-state index contributed by atoms with van der Waals surface area (Å²) in [5, 5.41) is 0. The van der Waals surface area contributed by atoms with Gasteiger partial charge >= 0.3 is 34.1 Å². The van der Waals surface area contributed by atoms with Crippen LogP contribution in [0, 0.1) is 0 Å². The zero-order valence-electron chi connectivity index (χ0n) is 12.8. The first-order valence-electron chi connectivity index (χ1n) is 6.77. The number of rotatable bonds is 12. The molecule has 0 bridgehead atoms. The second-order valence-electron chi connectivity index (χ2n) is 5.14. The smallest absolute Gasteiger partial charge is 0.279 e. The van der Waals surface area contributed by atoms with Gasteiger partial charge in [0, 0.05) is 6.42 Å². The molecule has 0 aromatic carbocycles. The van der Waals surface area contributed by atoms with E-state index in [0.29, 0.717) is 0 Å². The third-order valence-corrected chi connectivity index (χ3v) is 3.63. The van der Waals surface area contributed by atoms with Gasteiger partial charge in [-0.1, -0.05) is 6.08 Å². The van der Waals surface area contributed by atoms with Crippen LogP contribution in [-0.2, 0) is 15.0 Å². The van der Waals surface area contributed by atoms with E-state index in [-0.39, 0.29) is 12.8 Å². The normalized spacial score (nSPS) is 15.8. The maximum atomic E-state index is 13.4. The molecule has 0 saturated carbocycles. The molecule has 156 valence electrons. The number of alkyl halides is 9. The molecule has 0 rings (SSSR count). The van der Waals surface area contributed by atoms with Gasteiger partial charge in [-0.05, 0) is 19.3 Å². The molecule has 26 heavy (non-hydrogen) atoms. The number of halogens is 10. The SMILES string of the molecule is C=CCCCCC(F)(F)C(F)(F)C(F)(F)C(F)(F)OC(F)CS(=O)(=O)F. The molecule has 0 aromatic rings. The summed E-state index contributed by atoms with van der Waals surface area (Å²) < 4.78 is 154. The lowest BCUT2D eigenvalue weighted by Crippen LogP contribution is -2.63. The van der Waals surface area contributed by atoms with Crippen molar-refractivity contribution in [2.45, 2.75) is 55.9 Å². The highest BCUT2D eigenvalue weighted by atomic mass is 32.3. The Hall–Kier alpha value is -1.05. The van der Waals surface area contributed by atoms with E-state index in [1.807, 2.05) is 0 Å². The van der Waals surface area contributed by atoms with Crippen molar-refractivity contribution in [1.29, 1.82) is 0 Å². The zero-order valence-corrected chi connectivity index (χ0v) is 13.6. The predicted molar refractivity (Wildman–Crippen MR) is 69.3 cm³/mol. The fourth-order valence-corrected chi connectivity index (χ4v) is 2.01. The zero-order chi connectivity index (χ0) is 21.0. The van der Waals surface area contributed by atoms with Crippen LogP contribution in [0.5, 0.6) is 0 Å². The summed E-state index contributed by atoms with van der Waals surface area (Å²) in [5.41, 5.74) is 0. The van der Waals surface area contributed by atoms with Crippen LogP contribution in [0.25, 0.3) is 0 Å². The lowest BCUT2D eigenvalue weighted by atomic mass is 9.98. The lowest BCUT2D eigenvalue weighted by Gasteiger charge is -2.36. The van der Waals surface area contributed by atoms with E-state index in [0.717, 1.165) is 0 Å². The molecule has 0 fully saturated rings. The second-order valence-corrected chi connectivity index (χ2v) is 6.55. The van der Waals surface area contributed by atoms with E-state index in [9.17, 15) is 51.8 Å². The first-order chi connectivity index (χ1) is 11.4. The van der Waals surface area contributed by atoms with Crippen molar-refractivity contribution in [2.75, 3.05) is 5.75 Å². The van der Waals surface area contributed by atoms with Gasteiger partial charge in [0.2, 0.25) is 6.36 Å². The fourth-order valence-electron chi connectivity index (χ4n) is 1.63. The van der Waals surface area contributed by atoms with Crippen LogP contribution >= 0.6 is 0 Å². The average Bonchev–Trinajstić information content (AvgIpc) is 2.40. The van der Waals surface area contributed by atoms with E-state index in [4.69, 9.17) is 0 Å². The molecule has 0 radical (unpaired) electrons. The highest BCUT2D eigenvalue weighted by Crippen LogP contribution is 2.54. The van der Waals surface area contributed by atoms with E-state index >= 15 is 0 Å². The van der Waals surface area contributed by atoms with E-state index in [2.05, 4.69) is 11.3 Å². The van der Waals surface area contributed by atoms with Gasteiger partial charge in [-0.2, -0.15) is 43.5 Å². The highest BCUT2D eigenvalue weighted by molar-refractivity contribution is 7.86. The maximum Gasteiger partial charge on any atom is 0.428 e. The first-order valence-corrected chi connectivity index (χ1v) is 8.33. The minimum atomic E-state index is -6.94. The molecule has 3 nitrogen and oxygen atoms in total. The molecule has 0 aromatic heterocycles. The van der Waals surface area contributed by atoms with E-state index in [1.165, 1.54) is 6.08 Å². The van der Waals surface area contributed by atoms with Crippen LogP contribution in [0.2, 0.25) is 0 Å². The molecular weight excluding hydrogens is 414 g/mol. The van der Waals surface area contributed by atoms with Crippen LogP contribution < -0.4 is 0 Å². The number of ether oxygens (including phenoxy) is 1. The van der Waals surface area contributed by atoms with Crippen molar-refractivity contribution in [3.05, 3.63) is 12.7 Å². The Labute approximate surface area is 142 Å². The van der Waals surface area contributed by atoms with Gasteiger partial charge in [0.25, 0.3) is 0 Å². The summed E-state index contributed by atoms with van der Waals surface area (Å²) in [4.78, 5) is 0. The number of hydrogen-bond donors (Lipinski definition) is 0. The molecule has 14 heteroatoms.